The minimum absolute atomic E-state index is 0.0629. The molecule has 0 atom stereocenters. The van der Waals surface area contributed by atoms with E-state index in [9.17, 15) is 4.79 Å². The summed E-state index contributed by atoms with van der Waals surface area (Å²) >= 11 is 0. The van der Waals surface area contributed by atoms with Crippen molar-refractivity contribution in [3.63, 3.8) is 0 Å². The van der Waals surface area contributed by atoms with Crippen LogP contribution in [0.1, 0.15) is 13.8 Å². The average Bonchev–Trinajstić information content (AvgIpc) is 2.82. The van der Waals surface area contributed by atoms with Crippen LogP contribution in [-0.2, 0) is 4.79 Å². The Kier molecular flexibility index (Phi) is 3.71. The minimum atomic E-state index is -0.0629. The molecule has 0 aliphatic heterocycles. The lowest BCUT2D eigenvalue weighted by Crippen LogP contribution is -2.32. The second kappa shape index (κ2) is 5.44. The zero-order valence-corrected chi connectivity index (χ0v) is 10.4. The Morgan fingerprint density at radius 1 is 1.50 bits per heavy atom. The second-order valence-electron chi connectivity index (χ2n) is 4.39. The van der Waals surface area contributed by atoms with E-state index in [1.807, 2.05) is 13.8 Å². The van der Waals surface area contributed by atoms with Gasteiger partial charge in [0.05, 0.1) is 6.54 Å². The van der Waals surface area contributed by atoms with Crippen LogP contribution < -0.4 is 10.6 Å². The van der Waals surface area contributed by atoms with Crippen LogP contribution >= 0.6 is 0 Å². The number of hydrogen-bond donors (Lipinski definition) is 2. The molecule has 2 rings (SSSR count). The number of hydrogen-bond acceptors (Lipinski definition) is 5. The fourth-order valence-electron chi connectivity index (χ4n) is 1.43. The standard InChI is InChI=1S/C11H16N6O/c1-8(2)5-13-9(18)6-14-10-11-16-15-7-17(11)4-3-12-10/h3-4,7-8H,5-6H2,1-2H3,(H,12,14)(H,13,18). The van der Waals surface area contributed by atoms with Crippen LogP contribution in [0, 0.1) is 5.92 Å². The van der Waals surface area contributed by atoms with Gasteiger partial charge < -0.3 is 10.6 Å². The van der Waals surface area contributed by atoms with Crippen molar-refractivity contribution in [2.75, 3.05) is 18.4 Å². The molecule has 0 radical (unpaired) electrons. The Labute approximate surface area is 105 Å². The summed E-state index contributed by atoms with van der Waals surface area (Å²) in [5, 5.41) is 13.5. The van der Waals surface area contributed by atoms with E-state index in [0.29, 0.717) is 23.9 Å². The highest BCUT2D eigenvalue weighted by molar-refractivity contribution is 5.81. The van der Waals surface area contributed by atoms with Crippen LogP contribution in [0.4, 0.5) is 5.82 Å². The van der Waals surface area contributed by atoms with Crippen molar-refractivity contribution in [3.8, 4) is 0 Å². The molecular formula is C11H16N6O. The molecule has 2 heterocycles. The molecule has 2 N–H and O–H groups in total. The topological polar surface area (TPSA) is 84.2 Å². The first-order chi connectivity index (χ1) is 8.66. The fraction of sp³-hybridized carbons (Fsp3) is 0.455. The number of fused-ring (bicyclic) bond motifs is 1. The number of nitrogens with zero attached hydrogens (tertiary/aromatic N) is 4. The summed E-state index contributed by atoms with van der Waals surface area (Å²) in [4.78, 5) is 15.7. The molecular weight excluding hydrogens is 232 g/mol. The third kappa shape index (κ3) is 2.93. The van der Waals surface area contributed by atoms with Crippen LogP contribution in [0.2, 0.25) is 0 Å². The van der Waals surface area contributed by atoms with E-state index < -0.39 is 0 Å². The van der Waals surface area contributed by atoms with Gasteiger partial charge in [0, 0.05) is 18.9 Å². The first kappa shape index (κ1) is 12.3. The van der Waals surface area contributed by atoms with Gasteiger partial charge in [-0.05, 0) is 5.92 Å². The number of carbonyl (C=O) groups excluding carboxylic acids is 1. The summed E-state index contributed by atoms with van der Waals surface area (Å²) in [5.74, 6) is 0.925. The lowest BCUT2D eigenvalue weighted by atomic mass is 10.2. The van der Waals surface area contributed by atoms with Crippen LogP contribution in [0.5, 0.6) is 0 Å². The Hall–Kier alpha value is -2.18. The zero-order chi connectivity index (χ0) is 13.0. The molecule has 0 saturated carbocycles. The van der Waals surface area contributed by atoms with Gasteiger partial charge >= 0.3 is 0 Å². The fourth-order valence-corrected chi connectivity index (χ4v) is 1.43. The van der Waals surface area contributed by atoms with E-state index in [-0.39, 0.29) is 12.5 Å². The molecule has 7 nitrogen and oxygen atoms in total. The van der Waals surface area contributed by atoms with Crippen LogP contribution in [0.15, 0.2) is 18.7 Å². The highest BCUT2D eigenvalue weighted by Crippen LogP contribution is 2.08. The van der Waals surface area contributed by atoms with E-state index in [2.05, 4.69) is 25.8 Å². The van der Waals surface area contributed by atoms with Gasteiger partial charge in [0.1, 0.15) is 6.33 Å². The van der Waals surface area contributed by atoms with Crippen molar-refractivity contribution in [1.82, 2.24) is 24.9 Å². The Balaban J connectivity index is 1.94. The molecule has 0 bridgehead atoms. The van der Waals surface area contributed by atoms with Gasteiger partial charge in [-0.3, -0.25) is 9.20 Å². The predicted molar refractivity (Wildman–Crippen MR) is 67.1 cm³/mol. The lowest BCUT2D eigenvalue weighted by molar-refractivity contribution is -0.119. The molecule has 96 valence electrons. The van der Waals surface area contributed by atoms with Gasteiger partial charge in [0.2, 0.25) is 11.6 Å². The second-order valence-corrected chi connectivity index (χ2v) is 4.39. The van der Waals surface area contributed by atoms with Gasteiger partial charge in [-0.25, -0.2) is 4.98 Å². The quantitative estimate of drug-likeness (QED) is 0.795. The number of amides is 1. The minimum Gasteiger partial charge on any atom is -0.358 e. The third-order valence-corrected chi connectivity index (χ3v) is 2.34. The maximum atomic E-state index is 11.6. The molecule has 0 unspecified atom stereocenters. The summed E-state index contributed by atoms with van der Waals surface area (Å²) < 4.78 is 1.74. The monoisotopic (exact) mass is 248 g/mol. The maximum Gasteiger partial charge on any atom is 0.239 e. The third-order valence-electron chi connectivity index (χ3n) is 2.34. The Bertz CT molecular complexity index is 535. The average molecular weight is 248 g/mol. The van der Waals surface area contributed by atoms with Crippen LogP contribution in [-0.4, -0.2) is 38.6 Å². The normalized spacial score (nSPS) is 10.8. The summed E-state index contributed by atoms with van der Waals surface area (Å²) in [6.07, 6.45) is 4.96. The molecule has 0 aromatic carbocycles. The SMILES string of the molecule is CC(C)CNC(=O)CNc1nccn2cnnc12. The van der Waals surface area contributed by atoms with Crippen LogP contribution in [0.25, 0.3) is 5.65 Å². The molecule has 18 heavy (non-hydrogen) atoms. The van der Waals surface area contributed by atoms with Crippen molar-refractivity contribution >= 4 is 17.4 Å². The maximum absolute atomic E-state index is 11.6. The van der Waals surface area contributed by atoms with E-state index in [4.69, 9.17) is 0 Å². The van der Waals surface area contributed by atoms with Crippen molar-refractivity contribution in [2.24, 2.45) is 5.92 Å². The van der Waals surface area contributed by atoms with Gasteiger partial charge in [0.25, 0.3) is 0 Å². The molecule has 0 aliphatic rings. The highest BCUT2D eigenvalue weighted by atomic mass is 16.1. The Morgan fingerprint density at radius 3 is 3.11 bits per heavy atom. The summed E-state index contributed by atoms with van der Waals surface area (Å²) in [7, 11) is 0. The molecule has 0 saturated heterocycles. The van der Waals surface area contributed by atoms with Crippen molar-refractivity contribution < 1.29 is 4.79 Å². The summed E-state index contributed by atoms with van der Waals surface area (Å²) in [6, 6.07) is 0. The number of carbonyl (C=O) groups is 1. The zero-order valence-electron chi connectivity index (χ0n) is 10.4. The lowest BCUT2D eigenvalue weighted by Gasteiger charge is -2.09. The first-order valence-corrected chi connectivity index (χ1v) is 5.81. The van der Waals surface area contributed by atoms with E-state index >= 15 is 0 Å². The van der Waals surface area contributed by atoms with Crippen molar-refractivity contribution in [3.05, 3.63) is 18.7 Å². The van der Waals surface area contributed by atoms with Gasteiger partial charge in [0.15, 0.2) is 5.82 Å². The van der Waals surface area contributed by atoms with Gasteiger partial charge in [-0.15, -0.1) is 10.2 Å². The summed E-state index contributed by atoms with van der Waals surface area (Å²) in [5.41, 5.74) is 0.606. The molecule has 0 fully saturated rings. The predicted octanol–water partition coefficient (Wildman–Crippen LogP) is 0.308. The highest BCUT2D eigenvalue weighted by Gasteiger charge is 2.07. The Morgan fingerprint density at radius 2 is 2.33 bits per heavy atom. The van der Waals surface area contributed by atoms with Crippen molar-refractivity contribution in [1.29, 1.82) is 0 Å². The van der Waals surface area contributed by atoms with Gasteiger partial charge in [-0.2, -0.15) is 0 Å². The number of nitrogens with one attached hydrogen (secondary N) is 2. The van der Waals surface area contributed by atoms with E-state index in [1.165, 1.54) is 0 Å². The van der Waals surface area contributed by atoms with Crippen molar-refractivity contribution in [2.45, 2.75) is 13.8 Å². The number of rotatable bonds is 5. The van der Waals surface area contributed by atoms with E-state index in [1.54, 1.807) is 23.1 Å². The molecule has 1 amide bonds. The van der Waals surface area contributed by atoms with Crippen LogP contribution in [0.3, 0.4) is 0 Å². The number of aromatic nitrogens is 4. The summed E-state index contributed by atoms with van der Waals surface area (Å²) in [6.45, 7) is 4.94. The molecule has 2 aromatic rings. The molecule has 2 aromatic heterocycles. The smallest absolute Gasteiger partial charge is 0.239 e. The molecule has 7 heteroatoms. The largest absolute Gasteiger partial charge is 0.358 e. The molecule has 0 spiro atoms. The molecule has 0 aliphatic carbocycles. The van der Waals surface area contributed by atoms with E-state index in [0.717, 1.165) is 0 Å². The number of anilines is 1. The van der Waals surface area contributed by atoms with Gasteiger partial charge in [-0.1, -0.05) is 13.8 Å². The first-order valence-electron chi connectivity index (χ1n) is 5.81.